The monoisotopic (exact) mass is 489 g/mol. The van der Waals surface area contributed by atoms with Crippen molar-refractivity contribution in [2.24, 2.45) is 5.41 Å². The highest BCUT2D eigenvalue weighted by Gasteiger charge is 2.37. The minimum atomic E-state index is -0.420. The van der Waals surface area contributed by atoms with Gasteiger partial charge in [0.25, 0.3) is 0 Å². The average Bonchev–Trinajstić information content (AvgIpc) is 3.14. The van der Waals surface area contributed by atoms with Crippen molar-refractivity contribution in [2.75, 3.05) is 13.2 Å². The predicted octanol–water partition coefficient (Wildman–Crippen LogP) is 6.25. The topological polar surface area (TPSA) is 92.7 Å². The van der Waals surface area contributed by atoms with E-state index in [-0.39, 0.29) is 34.2 Å². The molecule has 190 valence electrons. The van der Waals surface area contributed by atoms with Gasteiger partial charge in [0.15, 0.2) is 11.6 Å². The molecular formula is C30H35NO5. The van der Waals surface area contributed by atoms with Crippen LogP contribution in [0.2, 0.25) is 0 Å². The van der Waals surface area contributed by atoms with Gasteiger partial charge in [-0.15, -0.1) is 0 Å². The van der Waals surface area contributed by atoms with Gasteiger partial charge in [-0.1, -0.05) is 75.2 Å². The zero-order valence-electron chi connectivity index (χ0n) is 21.1. The number of amides is 1. The van der Waals surface area contributed by atoms with E-state index in [1.54, 1.807) is 0 Å². The third kappa shape index (κ3) is 5.86. The van der Waals surface area contributed by atoms with Crippen LogP contribution in [-0.4, -0.2) is 35.9 Å². The van der Waals surface area contributed by atoms with Crippen LogP contribution in [0, 0.1) is 5.41 Å². The van der Waals surface area contributed by atoms with Crippen LogP contribution in [0.5, 0.6) is 0 Å². The standard InChI is InChI=1S/C30H35NO5/c1-30(2)17-26(33)28(27(34)18-30)25(32)15-5-3-4-10-16-31-29(35)36-19-24-22-13-8-6-11-20(22)21-12-7-9-14-23(21)24/h6-9,11-14,24,32H,3-5,10,15-19H2,1-2H3,(H,31,35). The Hall–Kier alpha value is -3.41. The summed E-state index contributed by atoms with van der Waals surface area (Å²) in [7, 11) is 0. The molecule has 0 aliphatic heterocycles. The second-order valence-corrected chi connectivity index (χ2v) is 10.6. The molecule has 0 saturated heterocycles. The molecule has 0 unspecified atom stereocenters. The number of nitrogens with one attached hydrogen (secondary N) is 1. The summed E-state index contributed by atoms with van der Waals surface area (Å²) in [6.07, 6.45) is 3.65. The van der Waals surface area contributed by atoms with E-state index in [4.69, 9.17) is 4.74 Å². The number of allylic oxidation sites excluding steroid dienone is 2. The lowest BCUT2D eigenvalue weighted by atomic mass is 9.73. The number of unbranched alkanes of at least 4 members (excludes halogenated alkanes) is 3. The molecule has 6 heteroatoms. The van der Waals surface area contributed by atoms with Gasteiger partial charge in [0.2, 0.25) is 0 Å². The second kappa shape index (κ2) is 11.1. The first kappa shape index (κ1) is 25.7. The van der Waals surface area contributed by atoms with Gasteiger partial charge in [0.05, 0.1) is 5.57 Å². The second-order valence-electron chi connectivity index (χ2n) is 10.6. The van der Waals surface area contributed by atoms with Crippen molar-refractivity contribution < 1.29 is 24.2 Å². The van der Waals surface area contributed by atoms with Crippen LogP contribution >= 0.6 is 0 Å². The van der Waals surface area contributed by atoms with E-state index in [0.717, 1.165) is 19.3 Å². The minimum absolute atomic E-state index is 0.00578. The lowest BCUT2D eigenvalue weighted by Gasteiger charge is -2.28. The number of carbonyl (C=O) groups is 3. The molecule has 0 radical (unpaired) electrons. The summed E-state index contributed by atoms with van der Waals surface area (Å²) in [6.45, 7) is 4.60. The number of ketones is 2. The van der Waals surface area contributed by atoms with Crippen LogP contribution in [0.4, 0.5) is 4.79 Å². The molecule has 0 spiro atoms. The molecular weight excluding hydrogens is 454 g/mol. The van der Waals surface area contributed by atoms with E-state index in [2.05, 4.69) is 29.6 Å². The van der Waals surface area contributed by atoms with Gasteiger partial charge >= 0.3 is 6.09 Å². The number of benzene rings is 2. The first-order chi connectivity index (χ1) is 17.3. The minimum Gasteiger partial charge on any atom is -0.511 e. The predicted molar refractivity (Wildman–Crippen MR) is 139 cm³/mol. The van der Waals surface area contributed by atoms with Gasteiger partial charge in [-0.05, 0) is 40.5 Å². The quantitative estimate of drug-likeness (QED) is 0.188. The van der Waals surface area contributed by atoms with Crippen LogP contribution in [0.1, 0.15) is 75.8 Å². The molecule has 2 aliphatic rings. The van der Waals surface area contributed by atoms with Crippen molar-refractivity contribution in [3.8, 4) is 11.1 Å². The molecule has 0 aromatic heterocycles. The van der Waals surface area contributed by atoms with Crippen LogP contribution in [0.3, 0.4) is 0 Å². The summed E-state index contributed by atoms with van der Waals surface area (Å²) in [5.74, 6) is -0.529. The fraction of sp³-hybridized carbons (Fsp3) is 0.433. The normalized spacial score (nSPS) is 16.4. The summed E-state index contributed by atoms with van der Waals surface area (Å²) in [6, 6.07) is 16.5. The molecule has 2 N–H and O–H groups in total. The summed E-state index contributed by atoms with van der Waals surface area (Å²) in [5.41, 5.74) is 4.44. The van der Waals surface area contributed by atoms with Crippen molar-refractivity contribution in [3.05, 3.63) is 71.0 Å². The molecule has 36 heavy (non-hydrogen) atoms. The summed E-state index contributed by atoms with van der Waals surface area (Å²) in [4.78, 5) is 36.8. The molecule has 1 fully saturated rings. The average molecular weight is 490 g/mol. The Kier molecular flexibility index (Phi) is 7.92. The Morgan fingerprint density at radius 3 is 2.08 bits per heavy atom. The maximum absolute atomic E-state index is 12.3. The van der Waals surface area contributed by atoms with E-state index in [1.165, 1.54) is 22.3 Å². The zero-order valence-corrected chi connectivity index (χ0v) is 21.1. The molecule has 4 rings (SSSR count). The van der Waals surface area contributed by atoms with Gasteiger partial charge < -0.3 is 15.2 Å². The molecule has 2 aliphatic carbocycles. The number of ether oxygens (including phenoxy) is 1. The van der Waals surface area contributed by atoms with Gasteiger partial charge in [-0.3, -0.25) is 9.59 Å². The van der Waals surface area contributed by atoms with Gasteiger partial charge in [-0.25, -0.2) is 4.79 Å². The van der Waals surface area contributed by atoms with Crippen molar-refractivity contribution in [1.82, 2.24) is 5.32 Å². The Morgan fingerprint density at radius 2 is 1.47 bits per heavy atom. The largest absolute Gasteiger partial charge is 0.511 e. The van der Waals surface area contributed by atoms with E-state index in [1.807, 2.05) is 38.1 Å². The number of Topliss-reactive ketones (excluding diaryl/α,β-unsaturated/α-hetero) is 2. The van der Waals surface area contributed by atoms with Crippen LogP contribution < -0.4 is 5.32 Å². The highest BCUT2D eigenvalue weighted by atomic mass is 16.5. The van der Waals surface area contributed by atoms with Gasteiger partial charge in [0, 0.05) is 31.7 Å². The summed E-state index contributed by atoms with van der Waals surface area (Å²) < 4.78 is 5.55. The highest BCUT2D eigenvalue weighted by molar-refractivity contribution is 6.22. The molecule has 0 bridgehead atoms. The third-order valence-corrected chi connectivity index (χ3v) is 7.08. The van der Waals surface area contributed by atoms with E-state index in [9.17, 15) is 19.5 Å². The van der Waals surface area contributed by atoms with Crippen LogP contribution in [-0.2, 0) is 14.3 Å². The highest BCUT2D eigenvalue weighted by Crippen LogP contribution is 2.44. The number of fused-ring (bicyclic) bond motifs is 3. The van der Waals surface area contributed by atoms with Crippen molar-refractivity contribution in [1.29, 1.82) is 0 Å². The molecule has 2 aromatic rings. The molecule has 1 amide bonds. The number of hydrogen-bond acceptors (Lipinski definition) is 5. The van der Waals surface area contributed by atoms with E-state index < -0.39 is 6.09 Å². The number of aliphatic hydroxyl groups is 1. The van der Waals surface area contributed by atoms with Crippen LogP contribution in [0.25, 0.3) is 11.1 Å². The summed E-state index contributed by atoms with van der Waals surface area (Å²) >= 11 is 0. The lowest BCUT2D eigenvalue weighted by molar-refractivity contribution is -0.127. The first-order valence-corrected chi connectivity index (χ1v) is 12.8. The van der Waals surface area contributed by atoms with Crippen LogP contribution in [0.15, 0.2) is 59.9 Å². The number of carbonyl (C=O) groups excluding carboxylic acids is 3. The molecule has 2 aromatic carbocycles. The number of hydrogen-bond donors (Lipinski definition) is 2. The molecule has 0 heterocycles. The van der Waals surface area contributed by atoms with Gasteiger partial charge in [-0.2, -0.15) is 0 Å². The number of rotatable bonds is 9. The number of aliphatic hydroxyl groups excluding tert-OH is 1. The Labute approximate surface area is 212 Å². The fourth-order valence-corrected chi connectivity index (χ4v) is 5.32. The molecule has 1 saturated carbocycles. The SMILES string of the molecule is CC1(C)CC(=O)C(=C(O)CCCCCCNC(=O)OCC2c3ccccc3-c3ccccc32)C(=O)C1. The maximum atomic E-state index is 12.3. The van der Waals surface area contributed by atoms with E-state index in [0.29, 0.717) is 38.8 Å². The molecule has 0 atom stereocenters. The third-order valence-electron chi connectivity index (χ3n) is 7.08. The first-order valence-electron chi connectivity index (χ1n) is 12.8. The maximum Gasteiger partial charge on any atom is 0.407 e. The van der Waals surface area contributed by atoms with E-state index >= 15 is 0 Å². The Bertz CT molecular complexity index is 1110. The fourth-order valence-electron chi connectivity index (χ4n) is 5.32. The molecule has 6 nitrogen and oxygen atoms in total. The van der Waals surface area contributed by atoms with Crippen molar-refractivity contribution >= 4 is 17.7 Å². The Balaban J connectivity index is 1.14. The van der Waals surface area contributed by atoms with Gasteiger partial charge in [0.1, 0.15) is 12.4 Å². The Morgan fingerprint density at radius 1 is 0.917 bits per heavy atom. The van der Waals surface area contributed by atoms with Crippen molar-refractivity contribution in [3.63, 3.8) is 0 Å². The van der Waals surface area contributed by atoms with Crippen molar-refractivity contribution in [2.45, 2.75) is 64.7 Å². The zero-order chi connectivity index (χ0) is 25.7. The lowest BCUT2D eigenvalue weighted by Crippen LogP contribution is -2.32. The summed E-state index contributed by atoms with van der Waals surface area (Å²) in [5, 5.41) is 13.1. The number of alkyl carbamates (subject to hydrolysis) is 1. The smallest absolute Gasteiger partial charge is 0.407 e.